The Bertz CT molecular complexity index is 671. The Kier molecular flexibility index (Phi) is 3.46. The Morgan fingerprint density at radius 1 is 0.950 bits per heavy atom. The minimum Gasteiger partial charge on any atom is -0.343 e. The highest BCUT2D eigenvalue weighted by atomic mass is 32.2. The SMILES string of the molecule is O=S(=O)(c1ccccc1)C1OCCN1c1ccccc1. The van der Waals surface area contributed by atoms with Gasteiger partial charge in [-0.3, -0.25) is 0 Å². The number of nitrogens with zero attached hydrogens (tertiary/aromatic N) is 1. The Balaban J connectivity index is 1.97. The van der Waals surface area contributed by atoms with Gasteiger partial charge in [0.15, 0.2) is 0 Å². The van der Waals surface area contributed by atoms with Gasteiger partial charge >= 0.3 is 0 Å². The Morgan fingerprint density at radius 3 is 2.20 bits per heavy atom. The molecular weight excluding hydrogens is 274 g/mol. The van der Waals surface area contributed by atoms with Crippen LogP contribution in [0.1, 0.15) is 0 Å². The molecule has 0 amide bonds. The molecule has 0 aliphatic carbocycles. The van der Waals surface area contributed by atoms with Crippen molar-refractivity contribution in [3.63, 3.8) is 0 Å². The minimum absolute atomic E-state index is 0.285. The van der Waals surface area contributed by atoms with Crippen molar-refractivity contribution in [3.8, 4) is 0 Å². The molecule has 1 aliphatic rings. The second-order valence-electron chi connectivity index (χ2n) is 4.56. The van der Waals surface area contributed by atoms with Crippen LogP contribution >= 0.6 is 0 Å². The van der Waals surface area contributed by atoms with E-state index in [9.17, 15) is 8.42 Å². The van der Waals surface area contributed by atoms with Gasteiger partial charge in [-0.05, 0) is 24.3 Å². The number of sulfone groups is 1. The van der Waals surface area contributed by atoms with Crippen molar-refractivity contribution in [2.45, 2.75) is 10.5 Å². The molecule has 2 aromatic carbocycles. The van der Waals surface area contributed by atoms with Gasteiger partial charge in [0.2, 0.25) is 15.4 Å². The van der Waals surface area contributed by atoms with Gasteiger partial charge in [-0.25, -0.2) is 8.42 Å². The molecule has 5 heteroatoms. The van der Waals surface area contributed by atoms with Crippen LogP contribution < -0.4 is 4.90 Å². The van der Waals surface area contributed by atoms with E-state index < -0.39 is 15.4 Å². The fourth-order valence-corrected chi connectivity index (χ4v) is 3.91. The molecule has 0 radical (unpaired) electrons. The van der Waals surface area contributed by atoms with Crippen LogP contribution in [0.3, 0.4) is 0 Å². The van der Waals surface area contributed by atoms with Gasteiger partial charge in [0, 0.05) is 12.2 Å². The second-order valence-corrected chi connectivity index (χ2v) is 6.53. The summed E-state index contributed by atoms with van der Waals surface area (Å²) in [5.74, 6) is 0. The highest BCUT2D eigenvalue weighted by molar-refractivity contribution is 7.92. The molecule has 2 aromatic rings. The Hall–Kier alpha value is -1.85. The second kappa shape index (κ2) is 5.26. The van der Waals surface area contributed by atoms with Gasteiger partial charge in [0.1, 0.15) is 0 Å². The molecule has 1 unspecified atom stereocenters. The number of anilines is 1. The van der Waals surface area contributed by atoms with E-state index in [0.29, 0.717) is 13.2 Å². The monoisotopic (exact) mass is 289 g/mol. The summed E-state index contributed by atoms with van der Waals surface area (Å²) in [6.07, 6.45) is 0. The van der Waals surface area contributed by atoms with Crippen LogP contribution in [0.15, 0.2) is 65.6 Å². The Morgan fingerprint density at radius 2 is 1.55 bits per heavy atom. The van der Waals surface area contributed by atoms with E-state index in [-0.39, 0.29) is 4.90 Å². The smallest absolute Gasteiger partial charge is 0.239 e. The first-order chi connectivity index (χ1) is 9.69. The number of hydrogen-bond acceptors (Lipinski definition) is 4. The van der Waals surface area contributed by atoms with Crippen molar-refractivity contribution in [2.24, 2.45) is 0 Å². The lowest BCUT2D eigenvalue weighted by Crippen LogP contribution is -2.37. The predicted molar refractivity (Wildman–Crippen MR) is 77.2 cm³/mol. The molecule has 0 aromatic heterocycles. The average molecular weight is 289 g/mol. The summed E-state index contributed by atoms with van der Waals surface area (Å²) in [4.78, 5) is 2.07. The van der Waals surface area contributed by atoms with Gasteiger partial charge in [0.25, 0.3) is 0 Å². The number of ether oxygens (including phenoxy) is 1. The summed E-state index contributed by atoms with van der Waals surface area (Å²) in [5, 5.41) is 0. The van der Waals surface area contributed by atoms with Crippen LogP contribution in [0.4, 0.5) is 5.69 Å². The number of benzene rings is 2. The minimum atomic E-state index is -3.53. The van der Waals surface area contributed by atoms with E-state index in [0.717, 1.165) is 5.69 Å². The predicted octanol–water partition coefficient (Wildman–Crippen LogP) is 2.28. The molecule has 1 heterocycles. The van der Waals surface area contributed by atoms with Gasteiger partial charge < -0.3 is 9.64 Å². The van der Waals surface area contributed by atoms with Crippen LogP contribution in [-0.2, 0) is 14.6 Å². The molecule has 1 fully saturated rings. The van der Waals surface area contributed by atoms with E-state index in [1.165, 1.54) is 0 Å². The molecule has 20 heavy (non-hydrogen) atoms. The number of para-hydroxylation sites is 1. The van der Waals surface area contributed by atoms with Crippen LogP contribution in [0.5, 0.6) is 0 Å². The van der Waals surface area contributed by atoms with Crippen molar-refractivity contribution < 1.29 is 13.2 Å². The van der Waals surface area contributed by atoms with Gasteiger partial charge in [0.05, 0.1) is 11.5 Å². The van der Waals surface area contributed by atoms with Crippen molar-refractivity contribution >= 4 is 15.5 Å². The van der Waals surface area contributed by atoms with Crippen LogP contribution in [0, 0.1) is 0 Å². The lowest BCUT2D eigenvalue weighted by molar-refractivity contribution is 0.167. The molecule has 0 saturated carbocycles. The first kappa shape index (κ1) is 13.1. The maximum Gasteiger partial charge on any atom is 0.239 e. The summed E-state index contributed by atoms with van der Waals surface area (Å²) in [5.41, 5.74) is -0.0955. The van der Waals surface area contributed by atoms with E-state index >= 15 is 0 Å². The standard InChI is InChI=1S/C15H15NO3S/c17-20(18,14-9-5-2-6-10-14)15-16(11-12-19-15)13-7-3-1-4-8-13/h1-10,15H,11-12H2. The molecule has 0 bridgehead atoms. The molecule has 1 atom stereocenters. The van der Waals surface area contributed by atoms with E-state index in [1.807, 2.05) is 30.3 Å². The largest absolute Gasteiger partial charge is 0.343 e. The zero-order valence-corrected chi connectivity index (χ0v) is 11.7. The first-order valence-electron chi connectivity index (χ1n) is 6.42. The molecule has 0 spiro atoms. The molecular formula is C15H15NO3S. The highest BCUT2D eigenvalue weighted by Crippen LogP contribution is 2.28. The topological polar surface area (TPSA) is 46.6 Å². The Labute approximate surface area is 118 Å². The third-order valence-corrected chi connectivity index (χ3v) is 5.12. The van der Waals surface area contributed by atoms with Crippen molar-refractivity contribution in [1.82, 2.24) is 0 Å². The van der Waals surface area contributed by atoms with Crippen LogP contribution in [0.2, 0.25) is 0 Å². The van der Waals surface area contributed by atoms with E-state index in [4.69, 9.17) is 4.74 Å². The van der Waals surface area contributed by atoms with Gasteiger partial charge in [-0.15, -0.1) is 0 Å². The van der Waals surface area contributed by atoms with Crippen LogP contribution in [0.25, 0.3) is 0 Å². The summed E-state index contributed by atoms with van der Waals surface area (Å²) in [6, 6.07) is 17.9. The summed E-state index contributed by atoms with van der Waals surface area (Å²) in [7, 11) is -3.53. The average Bonchev–Trinajstić information content (AvgIpc) is 2.99. The van der Waals surface area contributed by atoms with E-state index in [2.05, 4.69) is 0 Å². The number of hydrogen-bond donors (Lipinski definition) is 0. The maximum absolute atomic E-state index is 12.7. The molecule has 1 saturated heterocycles. The summed E-state index contributed by atoms with van der Waals surface area (Å²) in [6.45, 7) is 0.979. The zero-order chi connectivity index (χ0) is 14.0. The number of rotatable bonds is 3. The molecule has 3 rings (SSSR count). The third kappa shape index (κ3) is 2.30. The zero-order valence-electron chi connectivity index (χ0n) is 10.8. The quantitative estimate of drug-likeness (QED) is 0.869. The van der Waals surface area contributed by atoms with Gasteiger partial charge in [-0.1, -0.05) is 36.4 Å². The normalized spacial score (nSPS) is 19.2. The van der Waals surface area contributed by atoms with Crippen LogP contribution in [-0.4, -0.2) is 27.1 Å². The molecule has 0 N–H and O–H groups in total. The lowest BCUT2D eigenvalue weighted by Gasteiger charge is -2.24. The fourth-order valence-electron chi connectivity index (χ4n) is 2.30. The van der Waals surface area contributed by atoms with Crippen molar-refractivity contribution in [3.05, 3.63) is 60.7 Å². The third-order valence-electron chi connectivity index (χ3n) is 3.27. The molecule has 1 aliphatic heterocycles. The van der Waals surface area contributed by atoms with Gasteiger partial charge in [-0.2, -0.15) is 0 Å². The fraction of sp³-hybridized carbons (Fsp3) is 0.200. The summed E-state index contributed by atoms with van der Waals surface area (Å²) < 4.78 is 30.8. The lowest BCUT2D eigenvalue weighted by atomic mass is 10.3. The van der Waals surface area contributed by atoms with Crippen molar-refractivity contribution in [1.29, 1.82) is 0 Å². The maximum atomic E-state index is 12.7. The molecule has 104 valence electrons. The van der Waals surface area contributed by atoms with Crippen molar-refractivity contribution in [2.75, 3.05) is 18.1 Å². The summed E-state index contributed by atoms with van der Waals surface area (Å²) >= 11 is 0. The van der Waals surface area contributed by atoms with E-state index in [1.54, 1.807) is 35.2 Å². The first-order valence-corrected chi connectivity index (χ1v) is 7.96. The highest BCUT2D eigenvalue weighted by Gasteiger charge is 2.37. The molecule has 4 nitrogen and oxygen atoms in total.